The molecule has 66 valence electrons. The van der Waals surface area contributed by atoms with Crippen LogP contribution in [-0.4, -0.2) is 11.5 Å². The Morgan fingerprint density at radius 3 is 3.08 bits per heavy atom. The van der Waals surface area contributed by atoms with Gasteiger partial charge in [-0.25, -0.2) is 4.98 Å². The molecule has 3 nitrogen and oxygen atoms in total. The van der Waals surface area contributed by atoms with Gasteiger partial charge in [-0.15, -0.1) is 0 Å². The van der Waals surface area contributed by atoms with Crippen LogP contribution in [-0.2, 0) is 0 Å². The molecule has 0 aromatic carbocycles. The number of rotatable bonds is 1. The lowest BCUT2D eigenvalue weighted by Crippen LogP contribution is -2.26. The third-order valence-electron chi connectivity index (χ3n) is 2.25. The van der Waals surface area contributed by atoms with E-state index in [2.05, 4.69) is 10.3 Å². The van der Waals surface area contributed by atoms with E-state index in [0.29, 0.717) is 6.04 Å². The van der Waals surface area contributed by atoms with Crippen molar-refractivity contribution in [2.45, 2.75) is 32.2 Å². The summed E-state index contributed by atoms with van der Waals surface area (Å²) >= 11 is 0. The number of oxazole rings is 1. The van der Waals surface area contributed by atoms with Crippen LogP contribution in [0.4, 0.5) is 0 Å². The van der Waals surface area contributed by atoms with Gasteiger partial charge in [0, 0.05) is 0 Å². The average Bonchev–Trinajstić information content (AvgIpc) is 2.54. The van der Waals surface area contributed by atoms with Gasteiger partial charge in [0.2, 0.25) is 5.89 Å². The first-order valence-electron chi connectivity index (χ1n) is 4.51. The van der Waals surface area contributed by atoms with Crippen molar-refractivity contribution in [1.82, 2.24) is 10.3 Å². The monoisotopic (exact) mass is 166 g/mol. The van der Waals surface area contributed by atoms with Gasteiger partial charge in [0.05, 0.1) is 11.7 Å². The predicted molar refractivity (Wildman–Crippen MR) is 45.8 cm³/mol. The lowest BCUT2D eigenvalue weighted by atomic mass is 10.1. The molecule has 1 aliphatic heterocycles. The van der Waals surface area contributed by atoms with Gasteiger partial charge in [0.15, 0.2) is 0 Å². The molecule has 0 bridgehead atoms. The topological polar surface area (TPSA) is 38.1 Å². The second-order valence-corrected chi connectivity index (χ2v) is 3.33. The zero-order chi connectivity index (χ0) is 8.39. The lowest BCUT2D eigenvalue weighted by molar-refractivity contribution is 0.338. The maximum atomic E-state index is 5.33. The number of aromatic nitrogens is 1. The highest BCUT2D eigenvalue weighted by Crippen LogP contribution is 2.21. The molecule has 2 heterocycles. The highest BCUT2D eigenvalue weighted by Gasteiger charge is 2.18. The highest BCUT2D eigenvalue weighted by molar-refractivity contribution is 4.98. The average molecular weight is 166 g/mol. The molecule has 1 saturated heterocycles. The summed E-state index contributed by atoms with van der Waals surface area (Å²) in [6.45, 7) is 3.04. The zero-order valence-corrected chi connectivity index (χ0v) is 7.34. The maximum Gasteiger partial charge on any atom is 0.211 e. The van der Waals surface area contributed by atoms with Crippen molar-refractivity contribution in [2.75, 3.05) is 6.54 Å². The molecule has 0 radical (unpaired) electrons. The molecule has 2 rings (SSSR count). The number of piperidine rings is 1. The van der Waals surface area contributed by atoms with Crippen LogP contribution in [0.3, 0.4) is 0 Å². The summed E-state index contributed by atoms with van der Waals surface area (Å²) in [5.74, 6) is 0.854. The smallest absolute Gasteiger partial charge is 0.211 e. The minimum atomic E-state index is 0.354. The summed E-state index contributed by atoms with van der Waals surface area (Å²) in [7, 11) is 0. The van der Waals surface area contributed by atoms with Gasteiger partial charge in [-0.1, -0.05) is 6.42 Å². The minimum absolute atomic E-state index is 0.354. The second kappa shape index (κ2) is 3.27. The predicted octanol–water partition coefficient (Wildman–Crippen LogP) is 1.80. The molecular weight excluding hydrogens is 152 g/mol. The summed E-state index contributed by atoms with van der Waals surface area (Å²) in [4.78, 5) is 4.31. The zero-order valence-electron chi connectivity index (χ0n) is 7.34. The maximum absolute atomic E-state index is 5.33. The van der Waals surface area contributed by atoms with Crippen LogP contribution in [0, 0.1) is 6.92 Å². The van der Waals surface area contributed by atoms with Crippen molar-refractivity contribution < 1.29 is 4.42 Å². The number of aryl methyl sites for hydroxylation is 1. The number of nitrogens with one attached hydrogen (secondary N) is 1. The second-order valence-electron chi connectivity index (χ2n) is 3.33. The molecule has 1 aliphatic rings. The van der Waals surface area contributed by atoms with Crippen LogP contribution in [0.1, 0.15) is 36.9 Å². The minimum Gasteiger partial charge on any atom is -0.447 e. The summed E-state index contributed by atoms with van der Waals surface area (Å²) in [6.07, 6.45) is 5.42. The molecule has 1 aromatic heterocycles. The van der Waals surface area contributed by atoms with Crippen molar-refractivity contribution >= 4 is 0 Å². The van der Waals surface area contributed by atoms with Crippen LogP contribution in [0.25, 0.3) is 0 Å². The van der Waals surface area contributed by atoms with E-state index < -0.39 is 0 Å². The van der Waals surface area contributed by atoms with Crippen molar-refractivity contribution in [3.8, 4) is 0 Å². The van der Waals surface area contributed by atoms with Crippen LogP contribution in [0.2, 0.25) is 0 Å². The largest absolute Gasteiger partial charge is 0.447 e. The van der Waals surface area contributed by atoms with E-state index >= 15 is 0 Å². The Labute approximate surface area is 72.2 Å². The first-order chi connectivity index (χ1) is 5.86. The van der Waals surface area contributed by atoms with Crippen molar-refractivity contribution in [2.24, 2.45) is 0 Å². The first kappa shape index (κ1) is 7.80. The summed E-state index contributed by atoms with van der Waals surface area (Å²) in [5, 5.41) is 3.39. The van der Waals surface area contributed by atoms with Crippen molar-refractivity contribution in [3.63, 3.8) is 0 Å². The van der Waals surface area contributed by atoms with Gasteiger partial charge in [0.1, 0.15) is 6.26 Å². The quantitative estimate of drug-likeness (QED) is 0.691. The molecule has 1 atom stereocenters. The fourth-order valence-corrected chi connectivity index (χ4v) is 1.59. The molecule has 1 aromatic rings. The number of hydrogen-bond acceptors (Lipinski definition) is 3. The molecule has 0 saturated carbocycles. The molecule has 12 heavy (non-hydrogen) atoms. The Bertz CT molecular complexity index is 251. The standard InChI is InChI=1S/C9H14N2O/c1-7-6-12-9(11-7)8-4-2-3-5-10-8/h6,8,10H,2-5H2,1H3/t8-/m1/s1. The third kappa shape index (κ3) is 1.50. The SMILES string of the molecule is Cc1coc([C@H]2CCCCN2)n1. The summed E-state index contributed by atoms with van der Waals surface area (Å²) < 4.78 is 5.33. The first-order valence-corrected chi connectivity index (χ1v) is 4.51. The number of hydrogen-bond donors (Lipinski definition) is 1. The van der Waals surface area contributed by atoms with Gasteiger partial charge in [0.25, 0.3) is 0 Å². The fraction of sp³-hybridized carbons (Fsp3) is 0.667. The van der Waals surface area contributed by atoms with E-state index in [1.54, 1.807) is 6.26 Å². The lowest BCUT2D eigenvalue weighted by Gasteiger charge is -2.19. The van der Waals surface area contributed by atoms with Crippen LogP contribution in [0.5, 0.6) is 0 Å². The van der Waals surface area contributed by atoms with E-state index in [1.807, 2.05) is 6.92 Å². The molecule has 1 fully saturated rings. The Kier molecular flexibility index (Phi) is 2.13. The normalized spacial score (nSPS) is 24.2. The molecular formula is C9H14N2O. The van der Waals surface area contributed by atoms with Gasteiger partial charge in [-0.3, -0.25) is 0 Å². The number of nitrogens with zero attached hydrogens (tertiary/aromatic N) is 1. The van der Waals surface area contributed by atoms with Crippen molar-refractivity contribution in [1.29, 1.82) is 0 Å². The Hall–Kier alpha value is -0.830. The Morgan fingerprint density at radius 2 is 2.50 bits per heavy atom. The van der Waals surface area contributed by atoms with Crippen LogP contribution in [0.15, 0.2) is 10.7 Å². The Morgan fingerprint density at radius 1 is 1.58 bits per heavy atom. The molecule has 0 aliphatic carbocycles. The molecule has 3 heteroatoms. The van der Waals surface area contributed by atoms with E-state index in [9.17, 15) is 0 Å². The van der Waals surface area contributed by atoms with Crippen LogP contribution >= 0.6 is 0 Å². The summed E-state index contributed by atoms with van der Waals surface area (Å²) in [5.41, 5.74) is 0.970. The van der Waals surface area contributed by atoms with E-state index in [0.717, 1.165) is 24.6 Å². The Balaban J connectivity index is 2.08. The fourth-order valence-electron chi connectivity index (χ4n) is 1.59. The van der Waals surface area contributed by atoms with Gasteiger partial charge < -0.3 is 9.73 Å². The third-order valence-corrected chi connectivity index (χ3v) is 2.25. The van der Waals surface area contributed by atoms with E-state index in [1.165, 1.54) is 12.8 Å². The summed E-state index contributed by atoms with van der Waals surface area (Å²) in [6, 6.07) is 0.354. The molecule has 1 N–H and O–H groups in total. The van der Waals surface area contributed by atoms with Gasteiger partial charge in [-0.2, -0.15) is 0 Å². The van der Waals surface area contributed by atoms with E-state index in [-0.39, 0.29) is 0 Å². The van der Waals surface area contributed by atoms with E-state index in [4.69, 9.17) is 4.42 Å². The van der Waals surface area contributed by atoms with Gasteiger partial charge in [-0.05, 0) is 26.3 Å². The molecule has 0 amide bonds. The van der Waals surface area contributed by atoms with Gasteiger partial charge >= 0.3 is 0 Å². The molecule has 0 unspecified atom stereocenters. The van der Waals surface area contributed by atoms with Crippen LogP contribution < -0.4 is 5.32 Å². The van der Waals surface area contributed by atoms with Crippen molar-refractivity contribution in [3.05, 3.63) is 17.8 Å². The molecule has 0 spiro atoms. The highest BCUT2D eigenvalue weighted by atomic mass is 16.3.